The normalized spacial score (nSPS) is 25.9. The number of primary amides is 1. The molecule has 1 aromatic heterocycles. The number of nitrogens with two attached hydrogens (primary N) is 2. The minimum Gasteiger partial charge on any atom is -0.481 e. The van der Waals surface area contributed by atoms with Crippen LogP contribution in [0.25, 0.3) is 0 Å². The lowest BCUT2D eigenvalue weighted by molar-refractivity contribution is -0.152. The van der Waals surface area contributed by atoms with E-state index >= 15 is 0 Å². The summed E-state index contributed by atoms with van der Waals surface area (Å²) in [5, 5.41) is 32.4. The van der Waals surface area contributed by atoms with Crippen molar-refractivity contribution in [2.24, 2.45) is 11.5 Å². The second kappa shape index (κ2) is 8.85. The molecule has 0 unspecified atom stereocenters. The van der Waals surface area contributed by atoms with E-state index in [-0.39, 0.29) is 25.1 Å². The number of carboxylic acids is 1. The second-order valence-electron chi connectivity index (χ2n) is 5.98. The van der Waals surface area contributed by atoms with Gasteiger partial charge in [0.05, 0.1) is 0 Å². The number of aliphatic hydroxyl groups is 2. The van der Waals surface area contributed by atoms with Crippen LogP contribution in [-0.4, -0.2) is 78.9 Å². The van der Waals surface area contributed by atoms with Crippen molar-refractivity contribution < 1.29 is 39.2 Å². The number of carbonyl (C=O) groups is 3. The first-order valence-electron chi connectivity index (χ1n) is 8.07. The van der Waals surface area contributed by atoms with E-state index in [2.05, 4.69) is 10.1 Å². The molecule has 1 aliphatic heterocycles. The van der Waals surface area contributed by atoms with Gasteiger partial charge in [-0.25, -0.2) is 9.67 Å². The molecule has 0 aliphatic carbocycles. The maximum Gasteiger partial charge on any atom is 0.323 e. The first kappa shape index (κ1) is 20.7. The van der Waals surface area contributed by atoms with Crippen LogP contribution in [0.3, 0.4) is 0 Å². The van der Waals surface area contributed by atoms with Gasteiger partial charge in [-0.15, -0.1) is 5.10 Å². The van der Waals surface area contributed by atoms with Gasteiger partial charge in [-0.2, -0.15) is 0 Å². The molecule has 2 rings (SSSR count). The average Bonchev–Trinajstić information content (AvgIpc) is 3.19. The quantitative estimate of drug-likeness (QED) is 0.271. The molecule has 150 valence electrons. The van der Waals surface area contributed by atoms with Crippen LogP contribution in [0.15, 0.2) is 6.33 Å². The van der Waals surface area contributed by atoms with Crippen LogP contribution in [0.5, 0.6) is 0 Å². The van der Waals surface area contributed by atoms with E-state index < -0.39 is 55.0 Å². The molecular formula is C14H21N5O8. The Morgan fingerprint density at radius 2 is 2.04 bits per heavy atom. The second-order valence-corrected chi connectivity index (χ2v) is 5.98. The van der Waals surface area contributed by atoms with Crippen molar-refractivity contribution in [1.29, 1.82) is 0 Å². The number of hydrogen-bond donors (Lipinski definition) is 5. The SMILES string of the molecule is NC(=O)c1ncn([C@@H]2O[C@H](COC(=O)[C@H](N)CCCC(=O)O)[C@@H](O)[C@H]2O)n1. The van der Waals surface area contributed by atoms with Crippen LogP contribution >= 0.6 is 0 Å². The highest BCUT2D eigenvalue weighted by atomic mass is 16.6. The summed E-state index contributed by atoms with van der Waals surface area (Å²) in [5.41, 5.74) is 10.7. The number of esters is 1. The average molecular weight is 387 g/mol. The van der Waals surface area contributed by atoms with Gasteiger partial charge in [0.1, 0.15) is 37.3 Å². The predicted octanol–water partition coefficient (Wildman–Crippen LogP) is -2.88. The Bertz CT molecular complexity index is 695. The minimum atomic E-state index is -1.42. The Morgan fingerprint density at radius 3 is 2.63 bits per heavy atom. The summed E-state index contributed by atoms with van der Waals surface area (Å²) in [6.07, 6.45) is -3.72. The molecule has 13 heteroatoms. The van der Waals surface area contributed by atoms with Crippen molar-refractivity contribution in [3.63, 3.8) is 0 Å². The Labute approximate surface area is 152 Å². The highest BCUT2D eigenvalue weighted by Crippen LogP contribution is 2.29. The van der Waals surface area contributed by atoms with Crippen LogP contribution < -0.4 is 11.5 Å². The number of nitrogens with zero attached hydrogens (tertiary/aromatic N) is 3. The molecule has 0 spiro atoms. The fraction of sp³-hybridized carbons (Fsp3) is 0.643. The van der Waals surface area contributed by atoms with Crippen molar-refractivity contribution in [2.75, 3.05) is 6.61 Å². The fourth-order valence-electron chi connectivity index (χ4n) is 2.46. The molecule has 1 saturated heterocycles. The number of aromatic nitrogens is 3. The van der Waals surface area contributed by atoms with E-state index in [1.165, 1.54) is 0 Å². The maximum absolute atomic E-state index is 11.8. The molecule has 1 aromatic rings. The fourth-order valence-corrected chi connectivity index (χ4v) is 2.46. The molecule has 27 heavy (non-hydrogen) atoms. The van der Waals surface area contributed by atoms with Gasteiger partial charge in [0.25, 0.3) is 5.91 Å². The van der Waals surface area contributed by atoms with Gasteiger partial charge in [-0.3, -0.25) is 14.4 Å². The topological polar surface area (TPSA) is 213 Å². The summed E-state index contributed by atoms with van der Waals surface area (Å²) in [4.78, 5) is 36.9. The molecule has 5 atom stereocenters. The zero-order valence-corrected chi connectivity index (χ0v) is 14.2. The van der Waals surface area contributed by atoms with Crippen molar-refractivity contribution in [3.05, 3.63) is 12.2 Å². The standard InChI is InChI=1S/C14H21N5O8/c15-6(2-1-3-8(20)21)14(25)26-4-7-9(22)10(23)13(27-7)19-5-17-12(18-19)11(16)24/h5-7,9-10,13,22-23H,1-4,15H2,(H2,16,24)(H,20,21)/t6-,7-,9-,10-,13-/m1/s1. The lowest BCUT2D eigenvalue weighted by Crippen LogP contribution is -2.38. The number of hydrogen-bond acceptors (Lipinski definition) is 10. The van der Waals surface area contributed by atoms with Gasteiger partial charge in [0.2, 0.25) is 5.82 Å². The van der Waals surface area contributed by atoms with Gasteiger partial charge >= 0.3 is 11.9 Å². The molecule has 2 heterocycles. The summed E-state index contributed by atoms with van der Waals surface area (Å²) in [6.45, 7) is -0.391. The molecule has 13 nitrogen and oxygen atoms in total. The Hall–Kier alpha value is -2.61. The maximum atomic E-state index is 11.8. The molecule has 0 bridgehead atoms. The lowest BCUT2D eigenvalue weighted by atomic mass is 10.1. The zero-order valence-electron chi connectivity index (χ0n) is 14.2. The third-order valence-corrected chi connectivity index (χ3v) is 3.93. The minimum absolute atomic E-state index is 0.121. The van der Waals surface area contributed by atoms with Gasteiger partial charge in [0, 0.05) is 6.42 Å². The van der Waals surface area contributed by atoms with Crippen molar-refractivity contribution >= 4 is 17.8 Å². The summed E-state index contributed by atoms with van der Waals surface area (Å²) in [5.74, 6) is -2.94. The molecule has 7 N–H and O–H groups in total. The molecule has 0 saturated carbocycles. The number of ether oxygens (including phenoxy) is 2. The van der Waals surface area contributed by atoms with E-state index in [4.69, 9.17) is 26.0 Å². The van der Waals surface area contributed by atoms with Crippen LogP contribution in [0.1, 0.15) is 36.1 Å². The third-order valence-electron chi connectivity index (χ3n) is 3.93. The Morgan fingerprint density at radius 1 is 1.33 bits per heavy atom. The van der Waals surface area contributed by atoms with Gasteiger partial charge in [0.15, 0.2) is 6.23 Å². The lowest BCUT2D eigenvalue weighted by Gasteiger charge is -2.16. The zero-order chi connectivity index (χ0) is 20.1. The van der Waals surface area contributed by atoms with E-state index in [9.17, 15) is 24.6 Å². The number of aliphatic hydroxyl groups excluding tert-OH is 2. The van der Waals surface area contributed by atoms with E-state index in [1.807, 2.05) is 0 Å². The third kappa shape index (κ3) is 5.19. The number of amides is 1. The van der Waals surface area contributed by atoms with Crippen LogP contribution in [0.2, 0.25) is 0 Å². The molecule has 1 amide bonds. The van der Waals surface area contributed by atoms with Crippen LogP contribution in [0.4, 0.5) is 0 Å². The van der Waals surface area contributed by atoms with E-state index in [1.54, 1.807) is 0 Å². The Balaban J connectivity index is 1.87. The first-order valence-corrected chi connectivity index (χ1v) is 8.07. The Kier molecular flexibility index (Phi) is 6.79. The van der Waals surface area contributed by atoms with Gasteiger partial charge in [-0.1, -0.05) is 0 Å². The molecule has 1 aliphatic rings. The van der Waals surface area contributed by atoms with Crippen LogP contribution in [-0.2, 0) is 19.1 Å². The van der Waals surface area contributed by atoms with Crippen molar-refractivity contribution in [1.82, 2.24) is 14.8 Å². The van der Waals surface area contributed by atoms with E-state index in [0.717, 1.165) is 11.0 Å². The summed E-state index contributed by atoms with van der Waals surface area (Å²) in [7, 11) is 0. The highest BCUT2D eigenvalue weighted by Gasteiger charge is 2.45. The number of carbonyl (C=O) groups excluding carboxylic acids is 2. The number of carboxylic acid groups (broad SMARTS) is 1. The molecule has 0 radical (unpaired) electrons. The van der Waals surface area contributed by atoms with Crippen molar-refractivity contribution in [3.8, 4) is 0 Å². The summed E-state index contributed by atoms with van der Waals surface area (Å²) in [6, 6.07) is -1.02. The summed E-state index contributed by atoms with van der Waals surface area (Å²) < 4.78 is 11.4. The molecule has 0 aromatic carbocycles. The van der Waals surface area contributed by atoms with Gasteiger partial charge < -0.3 is 36.3 Å². The monoisotopic (exact) mass is 387 g/mol. The summed E-state index contributed by atoms with van der Waals surface area (Å²) >= 11 is 0. The largest absolute Gasteiger partial charge is 0.481 e. The first-order chi connectivity index (χ1) is 12.7. The number of aliphatic carboxylic acids is 1. The number of rotatable bonds is 9. The van der Waals surface area contributed by atoms with Gasteiger partial charge in [-0.05, 0) is 12.8 Å². The van der Waals surface area contributed by atoms with E-state index in [0.29, 0.717) is 0 Å². The molecule has 1 fully saturated rings. The molecular weight excluding hydrogens is 366 g/mol. The predicted molar refractivity (Wildman–Crippen MR) is 84.9 cm³/mol. The highest BCUT2D eigenvalue weighted by molar-refractivity contribution is 5.88. The van der Waals surface area contributed by atoms with Crippen LogP contribution in [0, 0.1) is 0 Å². The smallest absolute Gasteiger partial charge is 0.323 e. The van der Waals surface area contributed by atoms with Crippen molar-refractivity contribution in [2.45, 2.75) is 49.8 Å².